The number of aromatic nitrogens is 1. The molecule has 1 heterocycles. The third kappa shape index (κ3) is 2.92. The van der Waals surface area contributed by atoms with Crippen LogP contribution in [0.25, 0.3) is 10.9 Å². The lowest BCUT2D eigenvalue weighted by atomic mass is 10.1. The highest BCUT2D eigenvalue weighted by Crippen LogP contribution is 2.30. The summed E-state index contributed by atoms with van der Waals surface area (Å²) in [7, 11) is 0. The molecule has 102 valence electrons. The maximum atomic E-state index is 9.33. The summed E-state index contributed by atoms with van der Waals surface area (Å²) in [5.74, 6) is 0.551. The molecule has 5 heteroatoms. The van der Waals surface area contributed by atoms with E-state index in [0.717, 1.165) is 25.5 Å². The van der Waals surface area contributed by atoms with Crippen molar-refractivity contribution < 1.29 is 0 Å². The van der Waals surface area contributed by atoms with Crippen LogP contribution in [0.15, 0.2) is 57.5 Å². The molecule has 3 rings (SSSR count). The van der Waals surface area contributed by atoms with Gasteiger partial charge >= 0.3 is 0 Å². The van der Waals surface area contributed by atoms with E-state index in [1.54, 1.807) is 0 Å². The molecule has 1 N–H and O–H groups in total. The number of hydrogen-bond acceptors (Lipinski definition) is 3. The predicted molar refractivity (Wildman–Crippen MR) is 91.6 cm³/mol. The summed E-state index contributed by atoms with van der Waals surface area (Å²) >= 11 is 6.93. The van der Waals surface area contributed by atoms with E-state index in [4.69, 9.17) is 0 Å². The average molecular weight is 403 g/mol. The Labute approximate surface area is 138 Å². The minimum atomic E-state index is 0.514. The first kappa shape index (κ1) is 14.1. The third-order valence-electron chi connectivity index (χ3n) is 3.03. The van der Waals surface area contributed by atoms with Crippen molar-refractivity contribution in [3.8, 4) is 6.07 Å². The Morgan fingerprint density at radius 2 is 1.86 bits per heavy atom. The smallest absolute Gasteiger partial charge is 0.149 e. The number of anilines is 2. The molecule has 0 saturated carbocycles. The number of hydrogen-bond donors (Lipinski definition) is 1. The molecule has 0 aliphatic heterocycles. The van der Waals surface area contributed by atoms with Crippen molar-refractivity contribution >= 4 is 54.3 Å². The largest absolute Gasteiger partial charge is 0.338 e. The second-order valence-corrected chi connectivity index (χ2v) is 6.21. The number of benzene rings is 2. The van der Waals surface area contributed by atoms with Crippen molar-refractivity contribution in [3.05, 3.63) is 63.0 Å². The molecular formula is C16H9Br2N3. The average Bonchev–Trinajstić information content (AvgIpc) is 2.50. The fraction of sp³-hybridized carbons (Fsp3) is 0. The summed E-state index contributed by atoms with van der Waals surface area (Å²) in [6, 6.07) is 17.6. The lowest BCUT2D eigenvalue weighted by molar-refractivity contribution is 1.34. The van der Waals surface area contributed by atoms with Crippen molar-refractivity contribution in [2.24, 2.45) is 0 Å². The molecule has 0 amide bonds. The van der Waals surface area contributed by atoms with Crippen LogP contribution >= 0.6 is 31.9 Å². The van der Waals surface area contributed by atoms with Crippen LogP contribution < -0.4 is 5.32 Å². The summed E-state index contributed by atoms with van der Waals surface area (Å²) in [6.07, 6.45) is 0. The number of halogens is 2. The van der Waals surface area contributed by atoms with Crippen LogP contribution in [0.3, 0.4) is 0 Å². The number of nitrogens with zero attached hydrogens (tertiary/aromatic N) is 2. The number of pyridine rings is 1. The minimum absolute atomic E-state index is 0.514. The summed E-state index contributed by atoms with van der Waals surface area (Å²) < 4.78 is 1.86. The lowest BCUT2D eigenvalue weighted by Crippen LogP contribution is -1.98. The second-order valence-electron chi connectivity index (χ2n) is 4.44. The Morgan fingerprint density at radius 1 is 1.05 bits per heavy atom. The fourth-order valence-electron chi connectivity index (χ4n) is 2.02. The highest BCUT2D eigenvalue weighted by atomic mass is 79.9. The zero-order valence-electron chi connectivity index (χ0n) is 10.8. The van der Waals surface area contributed by atoms with Gasteiger partial charge in [-0.3, -0.25) is 0 Å². The Morgan fingerprint density at radius 3 is 2.67 bits per heavy atom. The van der Waals surface area contributed by atoms with Crippen molar-refractivity contribution in [2.75, 3.05) is 5.32 Å². The highest BCUT2D eigenvalue weighted by molar-refractivity contribution is 9.11. The quantitative estimate of drug-likeness (QED) is 0.626. The second kappa shape index (κ2) is 5.84. The molecule has 0 spiro atoms. The number of nitrogens with one attached hydrogen (secondary N) is 1. The van der Waals surface area contributed by atoms with Gasteiger partial charge in [0.25, 0.3) is 0 Å². The molecular weight excluding hydrogens is 394 g/mol. The topological polar surface area (TPSA) is 48.7 Å². The van der Waals surface area contributed by atoms with Gasteiger partial charge in [-0.1, -0.05) is 34.1 Å². The van der Waals surface area contributed by atoms with Crippen LogP contribution in [0.5, 0.6) is 0 Å². The third-order valence-corrected chi connectivity index (χ3v) is 4.21. The maximum Gasteiger partial charge on any atom is 0.149 e. The number of para-hydroxylation sites is 1. The highest BCUT2D eigenvalue weighted by Gasteiger charge is 2.09. The van der Waals surface area contributed by atoms with Gasteiger partial charge in [-0.15, -0.1) is 0 Å². The molecule has 0 unspecified atom stereocenters. The van der Waals surface area contributed by atoms with Gasteiger partial charge in [-0.25, -0.2) is 4.98 Å². The number of rotatable bonds is 2. The van der Waals surface area contributed by atoms with Crippen LogP contribution in [0.2, 0.25) is 0 Å². The van der Waals surface area contributed by atoms with E-state index >= 15 is 0 Å². The SMILES string of the molecule is N#Cc1cc2ccccc2nc1Nc1cc(Br)ccc1Br. The fourth-order valence-corrected chi connectivity index (χ4v) is 2.72. The Kier molecular flexibility index (Phi) is 3.91. The monoisotopic (exact) mass is 401 g/mol. The molecule has 21 heavy (non-hydrogen) atoms. The molecule has 3 aromatic rings. The van der Waals surface area contributed by atoms with E-state index in [1.165, 1.54) is 0 Å². The van der Waals surface area contributed by atoms with E-state index in [-0.39, 0.29) is 0 Å². The number of fused-ring (bicyclic) bond motifs is 1. The van der Waals surface area contributed by atoms with Crippen molar-refractivity contribution in [2.45, 2.75) is 0 Å². The maximum absolute atomic E-state index is 9.33. The Hall–Kier alpha value is -1.90. The molecule has 2 aromatic carbocycles. The van der Waals surface area contributed by atoms with E-state index in [0.29, 0.717) is 11.4 Å². The minimum Gasteiger partial charge on any atom is -0.338 e. The summed E-state index contributed by atoms with van der Waals surface area (Å²) in [4.78, 5) is 4.54. The zero-order valence-corrected chi connectivity index (χ0v) is 13.9. The van der Waals surface area contributed by atoms with Crippen LogP contribution in [-0.2, 0) is 0 Å². The zero-order chi connectivity index (χ0) is 14.8. The van der Waals surface area contributed by atoms with E-state index in [9.17, 15) is 5.26 Å². The molecule has 1 aromatic heterocycles. The van der Waals surface area contributed by atoms with Gasteiger partial charge in [0.05, 0.1) is 16.8 Å². The molecule has 0 saturated heterocycles. The molecule has 0 fully saturated rings. The first-order valence-electron chi connectivity index (χ1n) is 6.19. The van der Waals surface area contributed by atoms with Gasteiger partial charge in [-0.2, -0.15) is 5.26 Å². The van der Waals surface area contributed by atoms with Crippen LogP contribution in [0, 0.1) is 11.3 Å². The first-order chi connectivity index (χ1) is 10.2. The summed E-state index contributed by atoms with van der Waals surface area (Å²) in [5, 5.41) is 13.5. The molecule has 0 radical (unpaired) electrons. The summed E-state index contributed by atoms with van der Waals surface area (Å²) in [5.41, 5.74) is 2.22. The Balaban J connectivity index is 2.11. The van der Waals surface area contributed by atoms with Gasteiger partial charge in [0.15, 0.2) is 0 Å². The first-order valence-corrected chi connectivity index (χ1v) is 7.78. The molecule has 0 bridgehead atoms. The van der Waals surface area contributed by atoms with Gasteiger partial charge in [0, 0.05) is 14.3 Å². The van der Waals surface area contributed by atoms with E-state index in [2.05, 4.69) is 48.2 Å². The molecule has 0 atom stereocenters. The predicted octanol–water partition coefficient (Wildman–Crippen LogP) is 5.38. The van der Waals surface area contributed by atoms with E-state index < -0.39 is 0 Å². The molecule has 0 aliphatic carbocycles. The van der Waals surface area contributed by atoms with Crippen molar-refractivity contribution in [3.63, 3.8) is 0 Å². The normalized spacial score (nSPS) is 10.3. The van der Waals surface area contributed by atoms with E-state index in [1.807, 2.05) is 48.5 Å². The van der Waals surface area contributed by atoms with Crippen LogP contribution in [-0.4, -0.2) is 4.98 Å². The standard InChI is InChI=1S/C16H9Br2N3/c17-12-5-6-13(18)15(8-12)21-16-11(9-19)7-10-3-1-2-4-14(10)20-16/h1-8H,(H,20,21). The molecule has 3 nitrogen and oxygen atoms in total. The van der Waals surface area contributed by atoms with Gasteiger partial charge in [0.2, 0.25) is 0 Å². The number of nitriles is 1. The van der Waals surface area contributed by atoms with Gasteiger partial charge < -0.3 is 5.32 Å². The lowest BCUT2D eigenvalue weighted by Gasteiger charge is -2.11. The molecule has 0 aliphatic rings. The van der Waals surface area contributed by atoms with Gasteiger partial charge in [0.1, 0.15) is 11.9 Å². The van der Waals surface area contributed by atoms with Crippen LogP contribution in [0.1, 0.15) is 5.56 Å². The van der Waals surface area contributed by atoms with Crippen molar-refractivity contribution in [1.82, 2.24) is 4.98 Å². The Bertz CT molecular complexity index is 869. The van der Waals surface area contributed by atoms with Crippen LogP contribution in [0.4, 0.5) is 11.5 Å². The van der Waals surface area contributed by atoms with Crippen molar-refractivity contribution in [1.29, 1.82) is 5.26 Å². The van der Waals surface area contributed by atoms with Gasteiger partial charge in [-0.05, 0) is 46.3 Å². The summed E-state index contributed by atoms with van der Waals surface area (Å²) in [6.45, 7) is 0.